The Kier molecular flexibility index (Phi) is 4.37. The molecule has 0 aromatic heterocycles. The molecule has 24 heavy (non-hydrogen) atoms. The molecule has 0 atom stereocenters. The van der Waals surface area contributed by atoms with Gasteiger partial charge in [0.25, 0.3) is 10.0 Å². The molecule has 2 aromatic carbocycles. The van der Waals surface area contributed by atoms with Crippen molar-refractivity contribution in [3.8, 4) is 11.5 Å². The number of benzene rings is 2. The third kappa shape index (κ3) is 3.17. The largest absolute Gasteiger partial charge is 0.486 e. The second kappa shape index (κ2) is 6.33. The number of hydrogen-bond donors (Lipinski definition) is 2. The van der Waals surface area contributed by atoms with E-state index in [0.717, 1.165) is 6.07 Å². The standard InChI is InChI=1S/C15H12BrNO6S/c16-11-5-4-9(8-10(11)15(18)19)24(20,21)17-12-2-1-3-13-14(12)23-7-6-22-13/h1-5,8,17H,6-7H2,(H,18,19). The number of rotatable bonds is 4. The van der Waals surface area contributed by atoms with Crippen LogP contribution < -0.4 is 14.2 Å². The van der Waals surface area contributed by atoms with Gasteiger partial charge in [0.2, 0.25) is 0 Å². The minimum absolute atomic E-state index is 0.146. The summed E-state index contributed by atoms with van der Waals surface area (Å²) in [6.07, 6.45) is 0. The van der Waals surface area contributed by atoms with Gasteiger partial charge in [0, 0.05) is 4.47 Å². The highest BCUT2D eigenvalue weighted by atomic mass is 79.9. The quantitative estimate of drug-likeness (QED) is 0.798. The van der Waals surface area contributed by atoms with Crippen molar-refractivity contribution < 1.29 is 27.8 Å². The molecule has 0 saturated heterocycles. The number of fused-ring (bicyclic) bond motifs is 1. The van der Waals surface area contributed by atoms with Crippen LogP contribution in [0.4, 0.5) is 5.69 Å². The lowest BCUT2D eigenvalue weighted by atomic mass is 10.2. The maximum atomic E-state index is 12.6. The van der Waals surface area contributed by atoms with Crippen LogP contribution in [0.25, 0.3) is 0 Å². The molecule has 1 aliphatic rings. The van der Waals surface area contributed by atoms with Gasteiger partial charge in [-0.05, 0) is 46.3 Å². The van der Waals surface area contributed by atoms with Crippen molar-refractivity contribution in [2.45, 2.75) is 4.90 Å². The van der Waals surface area contributed by atoms with Gasteiger partial charge in [-0.25, -0.2) is 13.2 Å². The van der Waals surface area contributed by atoms with Crippen molar-refractivity contribution in [2.75, 3.05) is 17.9 Å². The summed E-state index contributed by atoms with van der Waals surface area (Å²) < 4.78 is 38.7. The zero-order valence-electron chi connectivity index (χ0n) is 12.2. The van der Waals surface area contributed by atoms with E-state index in [9.17, 15) is 13.2 Å². The number of carboxylic acid groups (broad SMARTS) is 1. The normalized spacial score (nSPS) is 13.4. The zero-order chi connectivity index (χ0) is 17.3. The fourth-order valence-corrected chi connectivity index (χ4v) is 3.70. The number of hydrogen-bond acceptors (Lipinski definition) is 5. The number of para-hydroxylation sites is 1. The second-order valence-electron chi connectivity index (χ2n) is 4.88. The summed E-state index contributed by atoms with van der Waals surface area (Å²) in [7, 11) is -3.99. The summed E-state index contributed by atoms with van der Waals surface area (Å²) in [5.74, 6) is -0.473. The molecule has 0 unspecified atom stereocenters. The highest BCUT2D eigenvalue weighted by Crippen LogP contribution is 2.38. The van der Waals surface area contributed by atoms with Gasteiger partial charge in [0.05, 0.1) is 16.1 Å². The van der Waals surface area contributed by atoms with Crippen molar-refractivity contribution in [3.05, 3.63) is 46.4 Å². The number of sulfonamides is 1. The lowest BCUT2D eigenvalue weighted by molar-refractivity contribution is 0.0695. The van der Waals surface area contributed by atoms with Crippen LogP contribution in [0.3, 0.4) is 0 Å². The van der Waals surface area contributed by atoms with Crippen molar-refractivity contribution in [2.24, 2.45) is 0 Å². The molecule has 2 N–H and O–H groups in total. The summed E-state index contributed by atoms with van der Waals surface area (Å²) in [6.45, 7) is 0.699. The molecule has 0 amide bonds. The average Bonchev–Trinajstić information content (AvgIpc) is 2.55. The number of halogens is 1. The van der Waals surface area contributed by atoms with Gasteiger partial charge in [-0.2, -0.15) is 0 Å². The van der Waals surface area contributed by atoms with Crippen LogP contribution in [0, 0.1) is 0 Å². The Balaban J connectivity index is 1.98. The number of carbonyl (C=O) groups is 1. The Bertz CT molecular complexity index is 912. The number of carboxylic acids is 1. The lowest BCUT2D eigenvalue weighted by Gasteiger charge is -2.21. The molecule has 0 aliphatic carbocycles. The molecule has 9 heteroatoms. The van der Waals surface area contributed by atoms with Crippen LogP contribution in [0.1, 0.15) is 10.4 Å². The molecule has 126 valence electrons. The minimum atomic E-state index is -3.99. The smallest absolute Gasteiger partial charge is 0.336 e. The first-order chi connectivity index (χ1) is 11.4. The molecule has 7 nitrogen and oxygen atoms in total. The molecule has 3 rings (SSSR count). The van der Waals surface area contributed by atoms with Crippen LogP contribution in [-0.4, -0.2) is 32.7 Å². The van der Waals surface area contributed by atoms with E-state index in [1.807, 2.05) is 0 Å². The molecule has 1 heterocycles. The van der Waals surface area contributed by atoms with Crippen LogP contribution in [0.5, 0.6) is 11.5 Å². The van der Waals surface area contributed by atoms with Crippen molar-refractivity contribution in [1.82, 2.24) is 0 Å². The van der Waals surface area contributed by atoms with E-state index < -0.39 is 16.0 Å². The van der Waals surface area contributed by atoms with Gasteiger partial charge in [-0.15, -0.1) is 0 Å². The zero-order valence-corrected chi connectivity index (χ0v) is 14.6. The SMILES string of the molecule is O=C(O)c1cc(S(=O)(=O)Nc2cccc3c2OCCO3)ccc1Br. The first-order valence-corrected chi connectivity index (χ1v) is 9.10. The summed E-state index contributed by atoms with van der Waals surface area (Å²) in [4.78, 5) is 11.0. The lowest BCUT2D eigenvalue weighted by Crippen LogP contribution is -2.19. The Morgan fingerprint density at radius 3 is 2.67 bits per heavy atom. The van der Waals surface area contributed by atoms with Gasteiger partial charge in [0.1, 0.15) is 13.2 Å². The molecule has 1 aliphatic heterocycles. The predicted molar refractivity (Wildman–Crippen MR) is 89.3 cm³/mol. The Morgan fingerprint density at radius 1 is 1.17 bits per heavy atom. The van der Waals surface area contributed by atoms with Gasteiger partial charge < -0.3 is 14.6 Å². The summed E-state index contributed by atoms with van der Waals surface area (Å²) in [5, 5.41) is 9.12. The van der Waals surface area contributed by atoms with Crippen LogP contribution in [-0.2, 0) is 10.0 Å². The van der Waals surface area contributed by atoms with E-state index in [1.54, 1.807) is 18.2 Å². The number of anilines is 1. The Hall–Kier alpha value is -2.26. The highest BCUT2D eigenvalue weighted by Gasteiger charge is 2.22. The van der Waals surface area contributed by atoms with E-state index in [4.69, 9.17) is 14.6 Å². The maximum Gasteiger partial charge on any atom is 0.336 e. The predicted octanol–water partition coefficient (Wildman–Crippen LogP) is 2.72. The molecule has 2 aromatic rings. The summed E-state index contributed by atoms with van der Waals surface area (Å²) in [6, 6.07) is 8.62. The van der Waals surface area contributed by atoms with E-state index in [0.29, 0.717) is 29.2 Å². The van der Waals surface area contributed by atoms with Crippen LogP contribution in [0.15, 0.2) is 45.8 Å². The minimum Gasteiger partial charge on any atom is -0.486 e. The first kappa shape index (κ1) is 16.6. The molecular formula is C15H12BrNO6S. The highest BCUT2D eigenvalue weighted by molar-refractivity contribution is 9.10. The Morgan fingerprint density at radius 2 is 1.92 bits per heavy atom. The van der Waals surface area contributed by atoms with Crippen molar-refractivity contribution in [3.63, 3.8) is 0 Å². The fraction of sp³-hybridized carbons (Fsp3) is 0.133. The molecule has 0 saturated carbocycles. The molecule has 0 spiro atoms. The van der Waals surface area contributed by atoms with E-state index in [1.165, 1.54) is 12.1 Å². The van der Waals surface area contributed by atoms with Crippen molar-refractivity contribution in [1.29, 1.82) is 0 Å². The number of nitrogens with one attached hydrogen (secondary N) is 1. The van der Waals surface area contributed by atoms with Crippen LogP contribution >= 0.6 is 15.9 Å². The van der Waals surface area contributed by atoms with Crippen LogP contribution in [0.2, 0.25) is 0 Å². The second-order valence-corrected chi connectivity index (χ2v) is 7.42. The van der Waals surface area contributed by atoms with E-state index >= 15 is 0 Å². The maximum absolute atomic E-state index is 12.6. The topological polar surface area (TPSA) is 102 Å². The molecule has 0 bridgehead atoms. The molecular weight excluding hydrogens is 402 g/mol. The monoisotopic (exact) mass is 413 g/mol. The van der Waals surface area contributed by atoms with Gasteiger partial charge in [-0.3, -0.25) is 4.72 Å². The van der Waals surface area contributed by atoms with Gasteiger partial charge in [-0.1, -0.05) is 6.07 Å². The summed E-state index contributed by atoms with van der Waals surface area (Å²) >= 11 is 3.08. The average molecular weight is 414 g/mol. The summed E-state index contributed by atoms with van der Waals surface area (Å²) in [5.41, 5.74) is 0.0829. The number of ether oxygens (including phenoxy) is 2. The number of aromatic carboxylic acids is 1. The molecule has 0 fully saturated rings. The third-order valence-electron chi connectivity index (χ3n) is 3.29. The first-order valence-electron chi connectivity index (χ1n) is 6.83. The fourth-order valence-electron chi connectivity index (χ4n) is 2.19. The van der Waals surface area contributed by atoms with E-state index in [2.05, 4.69) is 20.7 Å². The Labute approximate surface area is 146 Å². The third-order valence-corrected chi connectivity index (χ3v) is 5.34. The molecule has 0 radical (unpaired) electrons. The van der Waals surface area contributed by atoms with Gasteiger partial charge in [0.15, 0.2) is 11.5 Å². The van der Waals surface area contributed by atoms with E-state index in [-0.39, 0.29) is 16.1 Å². The van der Waals surface area contributed by atoms with Crippen molar-refractivity contribution >= 4 is 37.6 Å². The van der Waals surface area contributed by atoms with Gasteiger partial charge >= 0.3 is 5.97 Å².